The van der Waals surface area contributed by atoms with Crippen molar-refractivity contribution >= 4 is 11.8 Å². The van der Waals surface area contributed by atoms with E-state index in [4.69, 9.17) is 0 Å². The second-order valence-electron chi connectivity index (χ2n) is 9.39. The van der Waals surface area contributed by atoms with Crippen LogP contribution >= 0.6 is 0 Å². The molecule has 1 fully saturated rings. The maximum absolute atomic E-state index is 13.5. The summed E-state index contributed by atoms with van der Waals surface area (Å²) in [7, 11) is 0. The molecule has 1 N–H and O–H groups in total. The van der Waals surface area contributed by atoms with Crippen molar-refractivity contribution in [1.29, 1.82) is 0 Å². The predicted octanol–water partition coefficient (Wildman–Crippen LogP) is 5.75. The van der Waals surface area contributed by atoms with E-state index in [9.17, 15) is 9.59 Å². The molecule has 0 spiro atoms. The molecule has 0 heterocycles. The van der Waals surface area contributed by atoms with Gasteiger partial charge < -0.3 is 10.2 Å². The van der Waals surface area contributed by atoms with Crippen molar-refractivity contribution in [3.63, 3.8) is 0 Å². The van der Waals surface area contributed by atoms with Crippen molar-refractivity contribution < 1.29 is 9.59 Å². The summed E-state index contributed by atoms with van der Waals surface area (Å²) in [6, 6.07) is 16.4. The van der Waals surface area contributed by atoms with E-state index in [0.29, 0.717) is 25.8 Å². The van der Waals surface area contributed by atoms with Crippen molar-refractivity contribution in [3.8, 4) is 0 Å². The molecular formula is C29H40N2O2. The Hall–Kier alpha value is -2.62. The van der Waals surface area contributed by atoms with E-state index >= 15 is 0 Å². The summed E-state index contributed by atoms with van der Waals surface area (Å²) in [5.74, 6) is 0.0436. The van der Waals surface area contributed by atoms with E-state index in [0.717, 1.165) is 36.0 Å². The molecule has 1 aliphatic rings. The van der Waals surface area contributed by atoms with Crippen molar-refractivity contribution in [1.82, 2.24) is 10.2 Å². The first-order chi connectivity index (χ1) is 16.0. The molecule has 4 heteroatoms. The minimum Gasteiger partial charge on any atom is -0.352 e. The van der Waals surface area contributed by atoms with E-state index in [2.05, 4.69) is 55.6 Å². The first-order valence-electron chi connectivity index (χ1n) is 12.7. The van der Waals surface area contributed by atoms with E-state index in [1.807, 2.05) is 24.0 Å². The number of amides is 2. The molecule has 0 aliphatic heterocycles. The summed E-state index contributed by atoms with van der Waals surface area (Å²) in [5.41, 5.74) is 4.71. The van der Waals surface area contributed by atoms with Gasteiger partial charge in [0.25, 0.3) is 0 Å². The molecule has 1 saturated carbocycles. The van der Waals surface area contributed by atoms with Gasteiger partial charge >= 0.3 is 0 Å². The number of carbonyl (C=O) groups excluding carboxylic acids is 2. The Labute approximate surface area is 199 Å². The van der Waals surface area contributed by atoms with Crippen LogP contribution in [0.5, 0.6) is 0 Å². The minimum absolute atomic E-state index is 0.00127. The van der Waals surface area contributed by atoms with Gasteiger partial charge in [-0.1, -0.05) is 81.6 Å². The van der Waals surface area contributed by atoms with Gasteiger partial charge in [0, 0.05) is 19.0 Å². The van der Waals surface area contributed by atoms with Crippen molar-refractivity contribution in [2.45, 2.75) is 97.2 Å². The molecule has 33 heavy (non-hydrogen) atoms. The van der Waals surface area contributed by atoms with Crippen molar-refractivity contribution in [2.75, 3.05) is 0 Å². The number of hydrogen-bond donors (Lipinski definition) is 1. The summed E-state index contributed by atoms with van der Waals surface area (Å²) >= 11 is 0. The molecule has 0 aromatic heterocycles. The molecule has 3 rings (SSSR count). The summed E-state index contributed by atoms with van der Waals surface area (Å²) < 4.78 is 0. The minimum atomic E-state index is -0.443. The average Bonchev–Trinajstić information content (AvgIpc) is 2.84. The second-order valence-corrected chi connectivity index (χ2v) is 9.39. The van der Waals surface area contributed by atoms with Crippen LogP contribution in [0.4, 0.5) is 0 Å². The summed E-state index contributed by atoms with van der Waals surface area (Å²) in [6.07, 6.45) is 8.40. The zero-order valence-corrected chi connectivity index (χ0v) is 20.6. The molecular weight excluding hydrogens is 408 g/mol. The first kappa shape index (κ1) is 25.0. The highest BCUT2D eigenvalue weighted by atomic mass is 16.2. The zero-order valence-electron chi connectivity index (χ0n) is 20.6. The Bertz CT molecular complexity index is 900. The number of carbonyl (C=O) groups is 2. The molecule has 2 aromatic rings. The largest absolute Gasteiger partial charge is 0.352 e. The molecule has 2 aromatic carbocycles. The van der Waals surface area contributed by atoms with Crippen LogP contribution in [0.3, 0.4) is 0 Å². The number of hydrogen-bond acceptors (Lipinski definition) is 2. The zero-order chi connectivity index (χ0) is 23.6. The van der Waals surface area contributed by atoms with Crippen LogP contribution in [0.25, 0.3) is 0 Å². The third-order valence-electron chi connectivity index (χ3n) is 7.00. The monoisotopic (exact) mass is 448 g/mol. The fourth-order valence-electron chi connectivity index (χ4n) is 4.77. The van der Waals surface area contributed by atoms with Gasteiger partial charge in [-0.25, -0.2) is 0 Å². The number of aryl methyl sites for hydroxylation is 3. The van der Waals surface area contributed by atoms with Crippen LogP contribution in [0.1, 0.15) is 81.0 Å². The van der Waals surface area contributed by atoms with Crippen molar-refractivity contribution in [3.05, 3.63) is 70.8 Å². The topological polar surface area (TPSA) is 49.4 Å². The number of nitrogens with one attached hydrogen (secondary N) is 1. The van der Waals surface area contributed by atoms with Gasteiger partial charge in [0.05, 0.1) is 0 Å². The lowest BCUT2D eigenvalue weighted by Crippen LogP contribution is -2.51. The van der Waals surface area contributed by atoms with Gasteiger partial charge in [-0.2, -0.15) is 0 Å². The van der Waals surface area contributed by atoms with E-state index in [1.54, 1.807) is 0 Å². The highest BCUT2D eigenvalue weighted by molar-refractivity contribution is 5.88. The van der Waals surface area contributed by atoms with E-state index in [1.165, 1.54) is 24.8 Å². The average molecular weight is 449 g/mol. The lowest BCUT2D eigenvalue weighted by molar-refractivity contribution is -0.141. The number of nitrogens with zero attached hydrogens (tertiary/aromatic N) is 1. The smallest absolute Gasteiger partial charge is 0.243 e. The molecule has 2 amide bonds. The highest BCUT2D eigenvalue weighted by Gasteiger charge is 2.30. The van der Waals surface area contributed by atoms with Crippen LogP contribution in [0, 0.1) is 6.92 Å². The van der Waals surface area contributed by atoms with Gasteiger partial charge in [-0.15, -0.1) is 0 Å². The van der Waals surface area contributed by atoms with Gasteiger partial charge in [-0.05, 0) is 61.3 Å². The molecule has 0 bridgehead atoms. The van der Waals surface area contributed by atoms with Gasteiger partial charge in [0.2, 0.25) is 11.8 Å². The third-order valence-corrected chi connectivity index (χ3v) is 7.00. The Morgan fingerprint density at radius 1 is 0.970 bits per heavy atom. The second kappa shape index (κ2) is 12.6. The van der Waals surface area contributed by atoms with Crippen molar-refractivity contribution in [2.24, 2.45) is 0 Å². The fourth-order valence-corrected chi connectivity index (χ4v) is 4.77. The Kier molecular flexibility index (Phi) is 9.53. The molecule has 0 radical (unpaired) electrons. The summed E-state index contributed by atoms with van der Waals surface area (Å²) in [4.78, 5) is 28.6. The lowest BCUT2D eigenvalue weighted by atomic mass is 9.95. The van der Waals surface area contributed by atoms with E-state index in [-0.39, 0.29) is 17.9 Å². The predicted molar refractivity (Wildman–Crippen MR) is 135 cm³/mol. The molecule has 1 atom stereocenters. The Morgan fingerprint density at radius 2 is 1.64 bits per heavy atom. The Morgan fingerprint density at radius 3 is 2.27 bits per heavy atom. The van der Waals surface area contributed by atoms with E-state index < -0.39 is 6.04 Å². The molecule has 0 unspecified atom stereocenters. The normalized spacial score (nSPS) is 15.1. The number of rotatable bonds is 10. The first-order valence-corrected chi connectivity index (χ1v) is 12.7. The highest BCUT2D eigenvalue weighted by Crippen LogP contribution is 2.20. The summed E-state index contributed by atoms with van der Waals surface area (Å²) in [5, 5.41) is 3.26. The van der Waals surface area contributed by atoms with Gasteiger partial charge in [0.15, 0.2) is 0 Å². The molecule has 178 valence electrons. The van der Waals surface area contributed by atoms with Crippen LogP contribution in [-0.4, -0.2) is 28.8 Å². The lowest BCUT2D eigenvalue weighted by Gasteiger charge is -2.33. The molecule has 4 nitrogen and oxygen atoms in total. The molecule has 0 saturated heterocycles. The van der Waals surface area contributed by atoms with Crippen LogP contribution in [0.15, 0.2) is 48.5 Å². The summed E-state index contributed by atoms with van der Waals surface area (Å²) in [6.45, 7) is 6.69. The van der Waals surface area contributed by atoms with Crippen LogP contribution in [0.2, 0.25) is 0 Å². The van der Waals surface area contributed by atoms with Crippen LogP contribution < -0.4 is 5.32 Å². The number of benzene rings is 2. The quantitative estimate of drug-likeness (QED) is 0.503. The maximum Gasteiger partial charge on any atom is 0.243 e. The maximum atomic E-state index is 13.5. The fraction of sp³-hybridized carbons (Fsp3) is 0.517. The van der Waals surface area contributed by atoms with Gasteiger partial charge in [-0.3, -0.25) is 9.59 Å². The Balaban J connectivity index is 1.74. The van der Waals surface area contributed by atoms with Gasteiger partial charge in [0.1, 0.15) is 6.04 Å². The third kappa shape index (κ3) is 7.18. The SMILES string of the molecule is CCc1ccc(CCC(=O)N(Cc2ccccc2C)[C@@H](CC)C(=O)NC2CCCCC2)cc1. The van der Waals surface area contributed by atoms with Crippen LogP contribution in [-0.2, 0) is 29.0 Å². The standard InChI is InChI=1S/C29H40N2O2/c1-4-23-15-17-24(18-16-23)19-20-28(32)31(21-25-12-10-9-11-22(25)3)27(5-2)29(33)30-26-13-7-6-8-14-26/h9-12,15-18,26-27H,4-8,13-14,19-21H2,1-3H3,(H,30,33)/t27-/m0/s1. The molecule has 1 aliphatic carbocycles.